The molecule has 1 amide bonds. The zero-order chi connectivity index (χ0) is 14.2. The Labute approximate surface area is 117 Å². The Bertz CT molecular complexity index is 522. The molecule has 2 heterocycles. The molecule has 106 valence electrons. The number of amides is 1. The van der Waals surface area contributed by atoms with E-state index in [1.807, 2.05) is 0 Å². The summed E-state index contributed by atoms with van der Waals surface area (Å²) in [5, 5.41) is 13.7. The summed E-state index contributed by atoms with van der Waals surface area (Å²) in [7, 11) is 0. The van der Waals surface area contributed by atoms with Crippen molar-refractivity contribution in [3.63, 3.8) is 0 Å². The van der Waals surface area contributed by atoms with E-state index >= 15 is 0 Å². The molecule has 0 unspecified atom stereocenters. The summed E-state index contributed by atoms with van der Waals surface area (Å²) in [5.41, 5.74) is 0.312. The van der Waals surface area contributed by atoms with E-state index in [0.29, 0.717) is 24.5 Å². The zero-order valence-electron chi connectivity index (χ0n) is 11.4. The van der Waals surface area contributed by atoms with Crippen LogP contribution >= 0.6 is 0 Å². The van der Waals surface area contributed by atoms with Crippen molar-refractivity contribution in [2.24, 2.45) is 0 Å². The van der Waals surface area contributed by atoms with Gasteiger partial charge in [-0.3, -0.25) is 4.79 Å². The summed E-state index contributed by atoms with van der Waals surface area (Å²) < 4.78 is 0. The quantitative estimate of drug-likeness (QED) is 0.700. The molecule has 0 saturated heterocycles. The van der Waals surface area contributed by atoms with Crippen LogP contribution in [-0.4, -0.2) is 39.2 Å². The molecule has 0 bridgehead atoms. The van der Waals surface area contributed by atoms with Crippen molar-refractivity contribution in [3.05, 3.63) is 36.0 Å². The Morgan fingerprint density at radius 3 is 2.85 bits per heavy atom. The smallest absolute Gasteiger partial charge is 0.271 e. The van der Waals surface area contributed by atoms with Crippen LogP contribution in [0.25, 0.3) is 0 Å². The molecule has 0 aliphatic heterocycles. The van der Waals surface area contributed by atoms with Crippen LogP contribution in [0.5, 0.6) is 0 Å². The number of H-pyrrole nitrogens is 1. The van der Waals surface area contributed by atoms with E-state index in [9.17, 15) is 4.79 Å². The summed E-state index contributed by atoms with van der Waals surface area (Å²) >= 11 is 0. The van der Waals surface area contributed by atoms with E-state index in [1.165, 1.54) is 0 Å². The summed E-state index contributed by atoms with van der Waals surface area (Å²) in [6.45, 7) is 3.41. The van der Waals surface area contributed by atoms with Crippen LogP contribution in [0.4, 0.5) is 5.82 Å². The van der Waals surface area contributed by atoms with E-state index in [-0.39, 0.29) is 5.91 Å². The highest BCUT2D eigenvalue weighted by Gasteiger charge is 2.07. The van der Waals surface area contributed by atoms with Gasteiger partial charge < -0.3 is 15.6 Å². The molecule has 20 heavy (non-hydrogen) atoms. The first-order valence-corrected chi connectivity index (χ1v) is 6.63. The summed E-state index contributed by atoms with van der Waals surface area (Å²) in [4.78, 5) is 18.9. The molecule has 3 N–H and O–H groups in total. The average Bonchev–Trinajstić information content (AvgIpc) is 2.99. The van der Waals surface area contributed by atoms with Gasteiger partial charge in [0.15, 0.2) is 5.69 Å². The van der Waals surface area contributed by atoms with Crippen molar-refractivity contribution in [2.75, 3.05) is 18.4 Å². The summed E-state index contributed by atoms with van der Waals surface area (Å²) in [6, 6.07) is 3.41. The van der Waals surface area contributed by atoms with Crippen LogP contribution in [0.3, 0.4) is 0 Å². The van der Waals surface area contributed by atoms with E-state index in [2.05, 4.69) is 37.7 Å². The minimum absolute atomic E-state index is 0.230. The van der Waals surface area contributed by atoms with Gasteiger partial charge in [0.2, 0.25) is 0 Å². The number of aromatic nitrogens is 4. The second-order valence-corrected chi connectivity index (χ2v) is 4.27. The molecule has 0 spiro atoms. The number of nitrogens with zero attached hydrogens (tertiary/aromatic N) is 3. The van der Waals surface area contributed by atoms with Crippen LogP contribution in [0.1, 0.15) is 29.7 Å². The van der Waals surface area contributed by atoms with Crippen LogP contribution < -0.4 is 10.6 Å². The largest absolute Gasteiger partial charge is 0.369 e. The third-order valence-electron chi connectivity index (χ3n) is 2.66. The number of anilines is 1. The maximum absolute atomic E-state index is 11.8. The molecule has 0 aliphatic carbocycles. The number of hydrogen-bond donors (Lipinski definition) is 3. The fourth-order valence-corrected chi connectivity index (χ4v) is 1.62. The van der Waals surface area contributed by atoms with Crippen molar-refractivity contribution in [1.29, 1.82) is 0 Å². The minimum Gasteiger partial charge on any atom is -0.369 e. The Morgan fingerprint density at radius 1 is 1.30 bits per heavy atom. The lowest BCUT2D eigenvalue weighted by molar-refractivity contribution is 0.0948. The van der Waals surface area contributed by atoms with Crippen molar-refractivity contribution in [3.8, 4) is 0 Å². The van der Waals surface area contributed by atoms with Gasteiger partial charge in [0, 0.05) is 31.9 Å². The van der Waals surface area contributed by atoms with Crippen LogP contribution in [-0.2, 0) is 6.42 Å². The van der Waals surface area contributed by atoms with Gasteiger partial charge in [-0.15, -0.1) is 10.2 Å². The van der Waals surface area contributed by atoms with Gasteiger partial charge in [0.1, 0.15) is 11.6 Å². The Morgan fingerprint density at radius 2 is 2.20 bits per heavy atom. The number of rotatable bonds is 7. The Kier molecular flexibility index (Phi) is 5.05. The minimum atomic E-state index is -0.230. The van der Waals surface area contributed by atoms with Crippen molar-refractivity contribution >= 4 is 11.7 Å². The first-order chi connectivity index (χ1) is 9.79. The van der Waals surface area contributed by atoms with E-state index in [0.717, 1.165) is 18.8 Å². The number of hydrogen-bond acceptors (Lipinski definition) is 5. The summed E-state index contributed by atoms with van der Waals surface area (Å²) in [5.74, 6) is 1.29. The molecule has 0 aliphatic rings. The molecule has 0 fully saturated rings. The van der Waals surface area contributed by atoms with E-state index in [4.69, 9.17) is 0 Å². The maximum Gasteiger partial charge on any atom is 0.271 e. The van der Waals surface area contributed by atoms with Gasteiger partial charge >= 0.3 is 0 Å². The highest BCUT2D eigenvalue weighted by Crippen LogP contribution is 2.02. The van der Waals surface area contributed by atoms with Crippen LogP contribution in [0.15, 0.2) is 24.5 Å². The van der Waals surface area contributed by atoms with Gasteiger partial charge in [0.05, 0.1) is 0 Å². The van der Waals surface area contributed by atoms with E-state index in [1.54, 1.807) is 24.5 Å². The van der Waals surface area contributed by atoms with Crippen LogP contribution in [0.2, 0.25) is 0 Å². The lowest BCUT2D eigenvalue weighted by atomic mass is 10.3. The number of carbonyl (C=O) groups excluding carboxylic acids is 1. The molecule has 2 rings (SSSR count). The molecule has 0 aromatic carbocycles. The topological polar surface area (TPSA) is 95.6 Å². The monoisotopic (exact) mass is 274 g/mol. The van der Waals surface area contributed by atoms with Crippen LogP contribution in [0, 0.1) is 0 Å². The van der Waals surface area contributed by atoms with Gasteiger partial charge in [-0.2, -0.15) is 0 Å². The molecule has 0 atom stereocenters. The second kappa shape index (κ2) is 7.22. The highest BCUT2D eigenvalue weighted by molar-refractivity contribution is 5.92. The molecule has 0 radical (unpaired) electrons. The molecule has 0 saturated carbocycles. The van der Waals surface area contributed by atoms with Gasteiger partial charge in [-0.05, 0) is 18.6 Å². The molecular formula is C13H18N6O. The first kappa shape index (κ1) is 14.0. The summed E-state index contributed by atoms with van der Waals surface area (Å²) in [6.07, 6.45) is 5.11. The SMILES string of the molecule is CCCNc1ccc(C(=O)NCCc2ncc[nH]2)nn1. The standard InChI is InChI=1S/C13H18N6O/c1-2-6-14-12-4-3-10(18-19-12)13(20)17-7-5-11-15-8-9-16-11/h3-4,8-9H,2,5-7H2,1H3,(H,14,19)(H,15,16)(H,17,20). The van der Waals surface area contributed by atoms with E-state index < -0.39 is 0 Å². The fraction of sp³-hybridized carbons (Fsp3) is 0.385. The lowest BCUT2D eigenvalue weighted by Crippen LogP contribution is -2.27. The predicted molar refractivity (Wildman–Crippen MR) is 75.4 cm³/mol. The molecular weight excluding hydrogens is 256 g/mol. The van der Waals surface area contributed by atoms with Gasteiger partial charge in [0.25, 0.3) is 5.91 Å². The number of aromatic amines is 1. The van der Waals surface area contributed by atoms with Crippen molar-refractivity contribution in [1.82, 2.24) is 25.5 Å². The number of imidazole rings is 1. The molecule has 7 heteroatoms. The third kappa shape index (κ3) is 4.04. The zero-order valence-corrected chi connectivity index (χ0v) is 11.4. The first-order valence-electron chi connectivity index (χ1n) is 6.63. The van der Waals surface area contributed by atoms with Crippen molar-refractivity contribution < 1.29 is 4.79 Å². The van der Waals surface area contributed by atoms with Gasteiger partial charge in [-0.1, -0.05) is 6.92 Å². The Balaban J connectivity index is 1.79. The van der Waals surface area contributed by atoms with Crippen molar-refractivity contribution in [2.45, 2.75) is 19.8 Å². The number of carbonyl (C=O) groups is 1. The normalized spacial score (nSPS) is 10.2. The average molecular weight is 274 g/mol. The molecule has 7 nitrogen and oxygen atoms in total. The lowest BCUT2D eigenvalue weighted by Gasteiger charge is -2.05. The molecule has 2 aromatic rings. The Hall–Kier alpha value is -2.44. The maximum atomic E-state index is 11.8. The number of nitrogens with one attached hydrogen (secondary N) is 3. The fourth-order valence-electron chi connectivity index (χ4n) is 1.62. The third-order valence-corrected chi connectivity index (χ3v) is 2.66. The predicted octanol–water partition coefficient (Wildman–Crippen LogP) is 0.994. The highest BCUT2D eigenvalue weighted by atomic mass is 16.1. The van der Waals surface area contributed by atoms with Gasteiger partial charge in [-0.25, -0.2) is 4.98 Å². The second-order valence-electron chi connectivity index (χ2n) is 4.27. The molecule has 2 aromatic heterocycles.